The van der Waals surface area contributed by atoms with Crippen LogP contribution in [0.15, 0.2) is 23.1 Å². The quantitative estimate of drug-likeness (QED) is 0.782. The van der Waals surface area contributed by atoms with E-state index in [0.29, 0.717) is 5.75 Å². The Morgan fingerprint density at radius 2 is 2.10 bits per heavy atom. The van der Waals surface area contributed by atoms with Crippen LogP contribution in [0.3, 0.4) is 0 Å². The lowest BCUT2D eigenvalue weighted by Crippen LogP contribution is -2.41. The van der Waals surface area contributed by atoms with Crippen molar-refractivity contribution < 1.29 is 18.3 Å². The number of benzene rings is 1. The van der Waals surface area contributed by atoms with Crippen molar-refractivity contribution in [3.63, 3.8) is 0 Å². The van der Waals surface area contributed by atoms with Gasteiger partial charge in [-0.05, 0) is 36.6 Å². The molecular formula is C11H13Cl2NO4S2. The van der Waals surface area contributed by atoms with Gasteiger partial charge in [0.15, 0.2) is 0 Å². The fourth-order valence-electron chi connectivity index (χ4n) is 1.40. The number of carboxylic acids is 1. The SMILES string of the molecule is CSCCC(NS(=O)(=O)c1cc(Cl)ccc1Cl)C(=O)O. The molecule has 1 rings (SSSR count). The second-order valence-corrected chi connectivity index (χ2v) is 7.38. The van der Waals surface area contributed by atoms with E-state index in [-0.39, 0.29) is 21.4 Å². The van der Waals surface area contributed by atoms with Crippen molar-refractivity contribution >= 4 is 51.0 Å². The number of hydrogen-bond donors (Lipinski definition) is 2. The standard InChI is InChI=1S/C11H13Cl2NO4S2/c1-19-5-4-9(11(15)16)14-20(17,18)10-6-7(12)2-3-8(10)13/h2-3,6,9,14H,4-5H2,1H3,(H,15,16). The Morgan fingerprint density at radius 1 is 1.45 bits per heavy atom. The highest BCUT2D eigenvalue weighted by Gasteiger charge is 2.26. The molecule has 0 bridgehead atoms. The first-order valence-corrected chi connectivity index (χ1v) is 9.10. The highest BCUT2D eigenvalue weighted by atomic mass is 35.5. The number of aliphatic carboxylic acids is 1. The molecule has 0 radical (unpaired) electrons. The molecule has 112 valence electrons. The van der Waals surface area contributed by atoms with Gasteiger partial charge in [-0.15, -0.1) is 0 Å². The van der Waals surface area contributed by atoms with Crippen LogP contribution in [0.5, 0.6) is 0 Å². The second-order valence-electron chi connectivity index (χ2n) is 3.87. The molecule has 0 spiro atoms. The zero-order valence-corrected chi connectivity index (χ0v) is 13.6. The molecule has 0 fully saturated rings. The van der Waals surface area contributed by atoms with E-state index in [1.807, 2.05) is 0 Å². The third-order valence-electron chi connectivity index (χ3n) is 2.39. The number of carboxylic acid groups (broad SMARTS) is 1. The van der Waals surface area contributed by atoms with Crippen LogP contribution in [0.25, 0.3) is 0 Å². The van der Waals surface area contributed by atoms with E-state index in [1.165, 1.54) is 30.0 Å². The van der Waals surface area contributed by atoms with E-state index in [4.69, 9.17) is 28.3 Å². The van der Waals surface area contributed by atoms with Crippen LogP contribution in [0.4, 0.5) is 0 Å². The van der Waals surface area contributed by atoms with E-state index in [2.05, 4.69) is 4.72 Å². The summed E-state index contributed by atoms with van der Waals surface area (Å²) in [6.07, 6.45) is 1.98. The lowest BCUT2D eigenvalue weighted by Gasteiger charge is -2.15. The smallest absolute Gasteiger partial charge is 0.321 e. The second kappa shape index (κ2) is 7.51. The van der Waals surface area contributed by atoms with Crippen molar-refractivity contribution in [2.75, 3.05) is 12.0 Å². The van der Waals surface area contributed by atoms with Gasteiger partial charge in [0.05, 0.1) is 5.02 Å². The van der Waals surface area contributed by atoms with Crippen LogP contribution in [-0.2, 0) is 14.8 Å². The molecule has 0 aliphatic heterocycles. The minimum atomic E-state index is -4.04. The van der Waals surface area contributed by atoms with Crippen molar-refractivity contribution in [2.24, 2.45) is 0 Å². The number of nitrogens with one attached hydrogen (secondary N) is 1. The topological polar surface area (TPSA) is 83.5 Å². The third-order valence-corrected chi connectivity index (χ3v) is 5.22. The van der Waals surface area contributed by atoms with Gasteiger partial charge in [-0.3, -0.25) is 4.79 Å². The molecule has 0 saturated heterocycles. The number of hydrogen-bond acceptors (Lipinski definition) is 4. The molecule has 1 unspecified atom stereocenters. The van der Waals surface area contributed by atoms with Gasteiger partial charge in [0.1, 0.15) is 10.9 Å². The largest absolute Gasteiger partial charge is 0.480 e. The molecule has 0 aliphatic carbocycles. The first kappa shape index (κ1) is 17.6. The zero-order valence-electron chi connectivity index (χ0n) is 10.5. The molecule has 1 aromatic carbocycles. The summed E-state index contributed by atoms with van der Waals surface area (Å²) >= 11 is 13.0. The minimum Gasteiger partial charge on any atom is -0.480 e. The van der Waals surface area contributed by atoms with E-state index < -0.39 is 22.0 Å². The van der Waals surface area contributed by atoms with Gasteiger partial charge in [0, 0.05) is 5.02 Å². The summed E-state index contributed by atoms with van der Waals surface area (Å²) in [4.78, 5) is 10.8. The number of halogens is 2. The van der Waals surface area contributed by atoms with Crippen molar-refractivity contribution in [2.45, 2.75) is 17.4 Å². The Balaban J connectivity index is 3.03. The van der Waals surface area contributed by atoms with Crippen LogP contribution < -0.4 is 4.72 Å². The normalized spacial score (nSPS) is 13.2. The number of thioether (sulfide) groups is 1. The fraction of sp³-hybridized carbons (Fsp3) is 0.364. The lowest BCUT2D eigenvalue weighted by molar-refractivity contribution is -0.139. The zero-order chi connectivity index (χ0) is 15.3. The molecule has 0 amide bonds. The summed E-state index contributed by atoms with van der Waals surface area (Å²) in [6, 6.07) is 2.77. The van der Waals surface area contributed by atoms with Crippen molar-refractivity contribution in [1.29, 1.82) is 0 Å². The molecule has 9 heteroatoms. The summed E-state index contributed by atoms with van der Waals surface area (Å²) in [6.45, 7) is 0. The molecule has 20 heavy (non-hydrogen) atoms. The monoisotopic (exact) mass is 357 g/mol. The number of sulfonamides is 1. The Labute approximate surface area is 131 Å². The first-order valence-electron chi connectivity index (χ1n) is 5.47. The van der Waals surface area contributed by atoms with E-state index in [1.54, 1.807) is 6.26 Å². The molecule has 1 atom stereocenters. The number of carbonyl (C=O) groups is 1. The molecule has 1 aromatic rings. The fourth-order valence-corrected chi connectivity index (χ4v) is 3.86. The molecule has 5 nitrogen and oxygen atoms in total. The van der Waals surface area contributed by atoms with Gasteiger partial charge in [0.2, 0.25) is 10.0 Å². The third kappa shape index (κ3) is 4.82. The van der Waals surface area contributed by atoms with Gasteiger partial charge >= 0.3 is 5.97 Å². The number of rotatable bonds is 7. The Hall–Kier alpha value is -0.470. The van der Waals surface area contributed by atoms with Crippen molar-refractivity contribution in [3.8, 4) is 0 Å². The lowest BCUT2D eigenvalue weighted by atomic mass is 10.2. The van der Waals surface area contributed by atoms with Crippen molar-refractivity contribution in [3.05, 3.63) is 28.2 Å². The Kier molecular flexibility index (Phi) is 6.60. The molecule has 2 N–H and O–H groups in total. The summed E-state index contributed by atoms with van der Waals surface area (Å²) in [5, 5.41) is 9.22. The Bertz CT molecular complexity index is 592. The molecular weight excluding hydrogens is 345 g/mol. The summed E-state index contributed by atoms with van der Waals surface area (Å²) < 4.78 is 26.4. The maximum atomic E-state index is 12.2. The van der Waals surface area contributed by atoms with Gasteiger partial charge in [-0.1, -0.05) is 23.2 Å². The summed E-state index contributed by atoms with van der Waals surface area (Å²) in [5.74, 6) is -0.719. The first-order chi connectivity index (χ1) is 9.27. The van der Waals surface area contributed by atoms with Crippen LogP contribution in [-0.4, -0.2) is 37.5 Å². The van der Waals surface area contributed by atoms with Crippen LogP contribution in [0.2, 0.25) is 10.0 Å². The molecule has 0 heterocycles. The van der Waals surface area contributed by atoms with Crippen LogP contribution in [0.1, 0.15) is 6.42 Å². The van der Waals surface area contributed by atoms with Gasteiger partial charge in [-0.2, -0.15) is 16.5 Å². The summed E-state index contributed by atoms with van der Waals surface area (Å²) in [7, 11) is -4.04. The van der Waals surface area contributed by atoms with Gasteiger partial charge < -0.3 is 5.11 Å². The van der Waals surface area contributed by atoms with Gasteiger partial charge in [0.25, 0.3) is 0 Å². The highest BCUT2D eigenvalue weighted by Crippen LogP contribution is 2.25. The van der Waals surface area contributed by atoms with Crippen molar-refractivity contribution in [1.82, 2.24) is 4.72 Å². The predicted octanol–water partition coefficient (Wildman–Crippen LogP) is 2.48. The molecule has 0 aliphatic rings. The predicted molar refractivity (Wildman–Crippen MR) is 81.2 cm³/mol. The minimum absolute atomic E-state index is 0.0177. The molecule has 0 aromatic heterocycles. The van der Waals surface area contributed by atoms with Gasteiger partial charge in [-0.25, -0.2) is 8.42 Å². The van der Waals surface area contributed by atoms with E-state index >= 15 is 0 Å². The van der Waals surface area contributed by atoms with E-state index in [9.17, 15) is 13.2 Å². The maximum Gasteiger partial charge on any atom is 0.321 e. The maximum absolute atomic E-state index is 12.2. The summed E-state index contributed by atoms with van der Waals surface area (Å²) in [5.41, 5.74) is 0. The Morgan fingerprint density at radius 3 is 2.65 bits per heavy atom. The highest BCUT2D eigenvalue weighted by molar-refractivity contribution is 7.98. The average molecular weight is 358 g/mol. The van der Waals surface area contributed by atoms with Crippen LogP contribution in [0, 0.1) is 0 Å². The van der Waals surface area contributed by atoms with E-state index in [0.717, 1.165) is 0 Å². The molecule has 0 saturated carbocycles. The average Bonchev–Trinajstić information content (AvgIpc) is 2.36. The van der Waals surface area contributed by atoms with Crippen LogP contribution >= 0.6 is 35.0 Å².